The molecule has 0 saturated carbocycles. The highest BCUT2D eigenvalue weighted by Crippen LogP contribution is 2.22. The van der Waals surface area contributed by atoms with Gasteiger partial charge in [-0.15, -0.1) is 0 Å². The highest BCUT2D eigenvalue weighted by Gasteiger charge is 2.04. The lowest BCUT2D eigenvalue weighted by atomic mass is 10.2. The lowest BCUT2D eigenvalue weighted by molar-refractivity contribution is 1.34. The summed E-state index contributed by atoms with van der Waals surface area (Å²) in [6, 6.07) is 16.4. The molecule has 1 N–H and O–H groups in total. The standard InChI is InChI=1S/C13H8ClN2/c14-10-6-7-11-12(8-10)16-13(15-11)9-4-2-1-3-5-9/h1-2,4-8H,(H,15,16). The van der Waals surface area contributed by atoms with Crippen molar-refractivity contribution in [3.8, 4) is 11.4 Å². The van der Waals surface area contributed by atoms with Gasteiger partial charge in [-0.2, -0.15) is 0 Å². The van der Waals surface area contributed by atoms with E-state index in [-0.39, 0.29) is 0 Å². The number of rotatable bonds is 1. The number of benzene rings is 2. The van der Waals surface area contributed by atoms with E-state index >= 15 is 0 Å². The second-order valence-corrected chi connectivity index (χ2v) is 3.98. The Bertz CT molecular complexity index is 629. The van der Waals surface area contributed by atoms with Crippen LogP contribution >= 0.6 is 11.6 Å². The topological polar surface area (TPSA) is 28.7 Å². The Balaban J connectivity index is 2.19. The van der Waals surface area contributed by atoms with Crippen LogP contribution in [0.3, 0.4) is 0 Å². The van der Waals surface area contributed by atoms with Gasteiger partial charge in [-0.05, 0) is 30.3 Å². The molecule has 1 radical (unpaired) electrons. The average molecular weight is 228 g/mol. The summed E-state index contributed by atoms with van der Waals surface area (Å²) in [6.07, 6.45) is 0. The van der Waals surface area contributed by atoms with Crippen LogP contribution in [-0.4, -0.2) is 9.97 Å². The zero-order valence-electron chi connectivity index (χ0n) is 8.37. The Labute approximate surface area is 97.9 Å². The largest absolute Gasteiger partial charge is 0.338 e. The summed E-state index contributed by atoms with van der Waals surface area (Å²) < 4.78 is 0. The molecule has 0 fully saturated rings. The molecule has 3 heteroatoms. The number of imidazole rings is 1. The molecule has 0 unspecified atom stereocenters. The van der Waals surface area contributed by atoms with Crippen LogP contribution in [0.15, 0.2) is 42.5 Å². The van der Waals surface area contributed by atoms with E-state index in [0.29, 0.717) is 5.02 Å². The van der Waals surface area contributed by atoms with Crippen LogP contribution in [0.5, 0.6) is 0 Å². The molecule has 2 aromatic carbocycles. The summed E-state index contributed by atoms with van der Waals surface area (Å²) in [5.74, 6) is 0.842. The molecule has 0 spiro atoms. The van der Waals surface area contributed by atoms with E-state index in [4.69, 9.17) is 11.6 Å². The zero-order valence-corrected chi connectivity index (χ0v) is 9.12. The SMILES string of the molecule is Clc1ccc2[nH]c(-c3c[c]ccc3)nc2c1. The van der Waals surface area contributed by atoms with Crippen molar-refractivity contribution in [3.05, 3.63) is 53.6 Å². The number of nitrogens with zero attached hydrogens (tertiary/aromatic N) is 1. The summed E-state index contributed by atoms with van der Waals surface area (Å²) in [5.41, 5.74) is 2.89. The first-order valence-electron chi connectivity index (χ1n) is 4.95. The lowest BCUT2D eigenvalue weighted by Crippen LogP contribution is -1.78. The number of hydrogen-bond acceptors (Lipinski definition) is 1. The Morgan fingerprint density at radius 1 is 1.25 bits per heavy atom. The van der Waals surface area contributed by atoms with Crippen LogP contribution < -0.4 is 0 Å². The molecular formula is C13H8ClN2. The van der Waals surface area contributed by atoms with E-state index < -0.39 is 0 Å². The summed E-state index contributed by atoms with van der Waals surface area (Å²) >= 11 is 5.91. The van der Waals surface area contributed by atoms with Gasteiger partial charge in [-0.1, -0.05) is 29.8 Å². The second-order valence-electron chi connectivity index (χ2n) is 3.54. The first-order chi connectivity index (χ1) is 7.83. The van der Waals surface area contributed by atoms with Crippen LogP contribution in [0, 0.1) is 6.07 Å². The molecule has 16 heavy (non-hydrogen) atoms. The molecule has 0 amide bonds. The Hall–Kier alpha value is -1.80. The van der Waals surface area contributed by atoms with Gasteiger partial charge in [0.15, 0.2) is 0 Å². The molecule has 1 aromatic heterocycles. The van der Waals surface area contributed by atoms with Crippen molar-refractivity contribution in [2.75, 3.05) is 0 Å². The number of hydrogen-bond donors (Lipinski definition) is 1. The Morgan fingerprint density at radius 3 is 3.00 bits per heavy atom. The average Bonchev–Trinajstić information content (AvgIpc) is 2.73. The summed E-state index contributed by atoms with van der Waals surface area (Å²) in [5, 5.41) is 0.699. The molecular weight excluding hydrogens is 220 g/mol. The van der Waals surface area contributed by atoms with Gasteiger partial charge >= 0.3 is 0 Å². The van der Waals surface area contributed by atoms with Crippen molar-refractivity contribution in [2.24, 2.45) is 0 Å². The molecule has 3 aromatic rings. The lowest BCUT2D eigenvalue weighted by Gasteiger charge is -1.92. The molecule has 77 valence electrons. The van der Waals surface area contributed by atoms with E-state index in [2.05, 4.69) is 16.0 Å². The van der Waals surface area contributed by atoms with Crippen molar-refractivity contribution in [2.45, 2.75) is 0 Å². The predicted molar refractivity (Wildman–Crippen MR) is 65.4 cm³/mol. The normalized spacial score (nSPS) is 10.8. The number of aromatic nitrogens is 2. The van der Waals surface area contributed by atoms with Crippen LogP contribution in [0.25, 0.3) is 22.4 Å². The first-order valence-corrected chi connectivity index (χ1v) is 5.32. The number of nitrogens with one attached hydrogen (secondary N) is 1. The van der Waals surface area contributed by atoms with Crippen molar-refractivity contribution in [1.82, 2.24) is 9.97 Å². The Kier molecular flexibility index (Phi) is 2.15. The van der Waals surface area contributed by atoms with Crippen LogP contribution in [-0.2, 0) is 0 Å². The quantitative estimate of drug-likeness (QED) is 0.675. The molecule has 0 saturated heterocycles. The van der Waals surface area contributed by atoms with E-state index in [1.807, 2.05) is 42.5 Å². The van der Waals surface area contributed by atoms with E-state index in [0.717, 1.165) is 22.4 Å². The smallest absolute Gasteiger partial charge is 0.138 e. The van der Waals surface area contributed by atoms with Gasteiger partial charge in [0.25, 0.3) is 0 Å². The third kappa shape index (κ3) is 1.57. The number of H-pyrrole nitrogens is 1. The molecule has 2 nitrogen and oxygen atoms in total. The van der Waals surface area contributed by atoms with Gasteiger partial charge < -0.3 is 4.98 Å². The fourth-order valence-corrected chi connectivity index (χ4v) is 1.82. The second kappa shape index (κ2) is 3.65. The summed E-state index contributed by atoms with van der Waals surface area (Å²) in [4.78, 5) is 7.73. The molecule has 0 bridgehead atoms. The fourth-order valence-electron chi connectivity index (χ4n) is 1.66. The molecule has 0 aliphatic heterocycles. The van der Waals surface area contributed by atoms with Gasteiger partial charge in [0.2, 0.25) is 0 Å². The highest BCUT2D eigenvalue weighted by molar-refractivity contribution is 6.31. The third-order valence-corrected chi connectivity index (χ3v) is 2.66. The first kappa shape index (κ1) is 9.43. The minimum absolute atomic E-state index is 0.699. The van der Waals surface area contributed by atoms with Gasteiger partial charge in [-0.25, -0.2) is 4.98 Å². The summed E-state index contributed by atoms with van der Waals surface area (Å²) in [6.45, 7) is 0. The van der Waals surface area contributed by atoms with Crippen molar-refractivity contribution < 1.29 is 0 Å². The minimum atomic E-state index is 0.699. The maximum absolute atomic E-state index is 5.91. The monoisotopic (exact) mass is 227 g/mol. The van der Waals surface area contributed by atoms with Crippen LogP contribution in [0.2, 0.25) is 5.02 Å². The maximum Gasteiger partial charge on any atom is 0.138 e. The minimum Gasteiger partial charge on any atom is -0.338 e. The van der Waals surface area contributed by atoms with Crippen LogP contribution in [0.4, 0.5) is 0 Å². The molecule has 0 aliphatic rings. The maximum atomic E-state index is 5.91. The molecule has 1 heterocycles. The summed E-state index contributed by atoms with van der Waals surface area (Å²) in [7, 11) is 0. The van der Waals surface area contributed by atoms with E-state index in [1.165, 1.54) is 0 Å². The van der Waals surface area contributed by atoms with E-state index in [9.17, 15) is 0 Å². The Morgan fingerprint density at radius 2 is 2.19 bits per heavy atom. The third-order valence-electron chi connectivity index (χ3n) is 2.43. The number of fused-ring (bicyclic) bond motifs is 1. The predicted octanol–water partition coefficient (Wildman–Crippen LogP) is 3.68. The number of aromatic amines is 1. The van der Waals surface area contributed by atoms with Gasteiger partial charge in [-0.3, -0.25) is 0 Å². The van der Waals surface area contributed by atoms with E-state index in [1.54, 1.807) is 0 Å². The van der Waals surface area contributed by atoms with Gasteiger partial charge in [0.05, 0.1) is 11.0 Å². The number of halogens is 1. The van der Waals surface area contributed by atoms with Crippen molar-refractivity contribution in [3.63, 3.8) is 0 Å². The highest BCUT2D eigenvalue weighted by atomic mass is 35.5. The van der Waals surface area contributed by atoms with Crippen molar-refractivity contribution in [1.29, 1.82) is 0 Å². The van der Waals surface area contributed by atoms with Gasteiger partial charge in [0.1, 0.15) is 5.82 Å². The van der Waals surface area contributed by atoms with Crippen molar-refractivity contribution >= 4 is 22.6 Å². The van der Waals surface area contributed by atoms with Gasteiger partial charge in [0, 0.05) is 10.6 Å². The molecule has 0 atom stereocenters. The fraction of sp³-hybridized carbons (Fsp3) is 0. The molecule has 0 aliphatic carbocycles. The van der Waals surface area contributed by atoms with Crippen LogP contribution in [0.1, 0.15) is 0 Å². The molecule has 3 rings (SSSR count). The zero-order chi connectivity index (χ0) is 11.0.